The molecule has 3 nitrogen and oxygen atoms in total. The first-order chi connectivity index (χ1) is 9.73. The Morgan fingerprint density at radius 1 is 1.29 bits per heavy atom. The van der Waals surface area contributed by atoms with Gasteiger partial charge in [-0.3, -0.25) is 0 Å². The maximum atomic E-state index is 12.6. The quantitative estimate of drug-likeness (QED) is 0.725. The molecule has 2 rings (SSSR count). The number of nitrogens with zero attached hydrogens (tertiary/aromatic N) is 1. The third-order valence-corrected chi connectivity index (χ3v) is 8.21. The molecule has 0 radical (unpaired) electrons. The van der Waals surface area contributed by atoms with Gasteiger partial charge in [0.2, 0.25) is 0 Å². The maximum Gasteiger partial charge on any atom is 0.252 e. The fourth-order valence-corrected chi connectivity index (χ4v) is 5.79. The van der Waals surface area contributed by atoms with Crippen molar-refractivity contribution < 1.29 is 8.42 Å². The first-order valence-corrected chi connectivity index (χ1v) is 9.65. The molecule has 0 saturated heterocycles. The Labute approximate surface area is 142 Å². The maximum absolute atomic E-state index is 12.6. The number of hydrogen-bond donors (Lipinski definition) is 0. The van der Waals surface area contributed by atoms with E-state index in [1.165, 1.54) is 10.4 Å². The zero-order valence-corrected chi connectivity index (χ0v) is 15.8. The second-order valence-corrected chi connectivity index (χ2v) is 9.80. The third-order valence-electron chi connectivity index (χ3n) is 3.36. The van der Waals surface area contributed by atoms with Crippen LogP contribution in [-0.4, -0.2) is 19.8 Å². The van der Waals surface area contributed by atoms with Gasteiger partial charge in [-0.1, -0.05) is 41.4 Å². The third kappa shape index (κ3) is 3.51. The molecule has 0 amide bonds. The second-order valence-electron chi connectivity index (χ2n) is 4.79. The van der Waals surface area contributed by atoms with Crippen LogP contribution in [0.2, 0.25) is 5.02 Å². The van der Waals surface area contributed by atoms with Crippen molar-refractivity contribution in [1.29, 1.82) is 0 Å². The molecule has 0 saturated carbocycles. The molecule has 1 heterocycles. The van der Waals surface area contributed by atoms with Crippen LogP contribution < -0.4 is 0 Å². The van der Waals surface area contributed by atoms with E-state index in [4.69, 9.17) is 11.6 Å². The lowest BCUT2D eigenvalue weighted by atomic mass is 10.1. The standard InChI is InChI=1S/C14H15BrClNO2S2/c1-9-4-6-11(7-5-9)10(2)17(3)21(18,19)13-8-12(16)14(15)20-13/h4-8,10H,1-3H3. The van der Waals surface area contributed by atoms with Crippen LogP contribution >= 0.6 is 38.9 Å². The predicted octanol–water partition coefficient (Wildman–Crippen LogP) is 4.85. The summed E-state index contributed by atoms with van der Waals surface area (Å²) in [5.41, 5.74) is 2.10. The first-order valence-electron chi connectivity index (χ1n) is 6.23. The minimum Gasteiger partial charge on any atom is -0.206 e. The molecule has 0 spiro atoms. The summed E-state index contributed by atoms with van der Waals surface area (Å²) in [4.78, 5) is 0. The van der Waals surface area contributed by atoms with Gasteiger partial charge < -0.3 is 0 Å². The summed E-state index contributed by atoms with van der Waals surface area (Å²) in [6.45, 7) is 3.87. The summed E-state index contributed by atoms with van der Waals surface area (Å²) in [6.07, 6.45) is 0. The molecule has 0 bridgehead atoms. The smallest absolute Gasteiger partial charge is 0.206 e. The number of sulfonamides is 1. The van der Waals surface area contributed by atoms with Gasteiger partial charge in [-0.2, -0.15) is 4.31 Å². The first kappa shape index (κ1) is 17.0. The predicted molar refractivity (Wildman–Crippen MR) is 91.6 cm³/mol. The second kappa shape index (κ2) is 6.38. The van der Waals surface area contributed by atoms with Crippen molar-refractivity contribution in [3.8, 4) is 0 Å². The molecule has 1 aromatic carbocycles. The number of hydrogen-bond acceptors (Lipinski definition) is 3. The molecule has 1 aromatic heterocycles. The Morgan fingerprint density at radius 2 is 1.86 bits per heavy atom. The van der Waals surface area contributed by atoms with Crippen molar-refractivity contribution >= 4 is 48.9 Å². The Hall–Kier alpha value is -0.400. The van der Waals surface area contributed by atoms with Crippen LogP contribution in [0.15, 0.2) is 38.3 Å². The monoisotopic (exact) mass is 407 g/mol. The van der Waals surface area contributed by atoms with Crippen LogP contribution in [0.3, 0.4) is 0 Å². The van der Waals surface area contributed by atoms with Gasteiger partial charge in [-0.15, -0.1) is 11.3 Å². The average Bonchev–Trinajstić information content (AvgIpc) is 2.78. The number of benzene rings is 1. The molecule has 21 heavy (non-hydrogen) atoms. The molecule has 1 unspecified atom stereocenters. The summed E-state index contributed by atoms with van der Waals surface area (Å²) in [6, 6.07) is 9.07. The highest BCUT2D eigenvalue weighted by molar-refractivity contribution is 9.11. The highest BCUT2D eigenvalue weighted by Gasteiger charge is 2.28. The number of aryl methyl sites for hydroxylation is 1. The number of thiophene rings is 1. The van der Waals surface area contributed by atoms with Gasteiger partial charge in [0.1, 0.15) is 4.21 Å². The zero-order chi connectivity index (χ0) is 15.8. The topological polar surface area (TPSA) is 37.4 Å². The largest absolute Gasteiger partial charge is 0.252 e. The van der Waals surface area contributed by atoms with Crippen molar-refractivity contribution in [3.63, 3.8) is 0 Å². The Bertz CT molecular complexity index is 721. The van der Waals surface area contributed by atoms with Crippen LogP contribution in [-0.2, 0) is 10.0 Å². The summed E-state index contributed by atoms with van der Waals surface area (Å²) >= 11 is 10.3. The summed E-state index contributed by atoms with van der Waals surface area (Å²) in [5, 5.41) is 0.412. The molecule has 7 heteroatoms. The molecule has 114 valence electrons. The van der Waals surface area contributed by atoms with Crippen molar-refractivity contribution in [2.75, 3.05) is 7.05 Å². The van der Waals surface area contributed by atoms with Crippen LogP contribution in [0.1, 0.15) is 24.1 Å². The number of rotatable bonds is 4. The number of halogens is 2. The lowest BCUT2D eigenvalue weighted by Crippen LogP contribution is -2.29. The van der Waals surface area contributed by atoms with Gasteiger partial charge in [0.05, 0.1) is 8.81 Å². The van der Waals surface area contributed by atoms with Crippen molar-refractivity contribution in [3.05, 3.63) is 50.3 Å². The SMILES string of the molecule is Cc1ccc(C(C)N(C)S(=O)(=O)c2cc(Cl)c(Br)s2)cc1. The molecule has 0 aliphatic heterocycles. The molecular weight excluding hydrogens is 394 g/mol. The highest BCUT2D eigenvalue weighted by Crippen LogP contribution is 2.37. The molecule has 0 aliphatic rings. The highest BCUT2D eigenvalue weighted by atomic mass is 79.9. The summed E-state index contributed by atoms with van der Waals surface area (Å²) < 4.78 is 27.5. The van der Waals surface area contributed by atoms with E-state index in [0.29, 0.717) is 8.81 Å². The van der Waals surface area contributed by atoms with Crippen LogP contribution in [0.5, 0.6) is 0 Å². The fraction of sp³-hybridized carbons (Fsp3) is 0.286. The fourth-order valence-electron chi connectivity index (χ4n) is 1.86. The normalized spacial score (nSPS) is 13.6. The van der Waals surface area contributed by atoms with E-state index >= 15 is 0 Å². The van der Waals surface area contributed by atoms with Gasteiger partial charge in [0, 0.05) is 13.1 Å². The zero-order valence-electron chi connectivity index (χ0n) is 11.8. The van der Waals surface area contributed by atoms with E-state index in [1.807, 2.05) is 38.1 Å². The van der Waals surface area contributed by atoms with E-state index in [-0.39, 0.29) is 10.3 Å². The molecule has 0 N–H and O–H groups in total. The molecule has 0 fully saturated rings. The van der Waals surface area contributed by atoms with Gasteiger partial charge in [-0.05, 0) is 41.4 Å². The van der Waals surface area contributed by atoms with E-state index in [1.54, 1.807) is 7.05 Å². The minimum atomic E-state index is -3.56. The lowest BCUT2D eigenvalue weighted by Gasteiger charge is -2.24. The average molecular weight is 409 g/mol. The molecule has 0 aliphatic carbocycles. The van der Waals surface area contributed by atoms with E-state index < -0.39 is 10.0 Å². The van der Waals surface area contributed by atoms with Crippen LogP contribution in [0.25, 0.3) is 0 Å². The van der Waals surface area contributed by atoms with Crippen molar-refractivity contribution in [2.24, 2.45) is 0 Å². The van der Waals surface area contributed by atoms with E-state index in [2.05, 4.69) is 15.9 Å². The van der Waals surface area contributed by atoms with E-state index in [9.17, 15) is 8.42 Å². The Morgan fingerprint density at radius 3 is 2.33 bits per heavy atom. The molecule has 1 atom stereocenters. The Kier molecular flexibility index (Phi) is 5.15. The summed E-state index contributed by atoms with van der Waals surface area (Å²) in [7, 11) is -1.98. The van der Waals surface area contributed by atoms with Gasteiger partial charge in [0.15, 0.2) is 0 Å². The van der Waals surface area contributed by atoms with Crippen LogP contribution in [0.4, 0.5) is 0 Å². The van der Waals surface area contributed by atoms with E-state index in [0.717, 1.165) is 22.5 Å². The molecule has 2 aromatic rings. The van der Waals surface area contributed by atoms with Crippen molar-refractivity contribution in [1.82, 2.24) is 4.31 Å². The van der Waals surface area contributed by atoms with Gasteiger partial charge in [0.25, 0.3) is 10.0 Å². The van der Waals surface area contributed by atoms with Crippen molar-refractivity contribution in [2.45, 2.75) is 24.1 Å². The molecular formula is C14H15BrClNO2S2. The van der Waals surface area contributed by atoms with Gasteiger partial charge >= 0.3 is 0 Å². The Balaban J connectivity index is 2.33. The summed E-state index contributed by atoms with van der Waals surface area (Å²) in [5.74, 6) is 0. The van der Waals surface area contributed by atoms with Gasteiger partial charge in [-0.25, -0.2) is 8.42 Å². The lowest BCUT2D eigenvalue weighted by molar-refractivity contribution is 0.399. The van der Waals surface area contributed by atoms with Crippen LogP contribution in [0, 0.1) is 6.92 Å². The minimum absolute atomic E-state index is 0.237.